The van der Waals surface area contributed by atoms with Gasteiger partial charge < -0.3 is 15.4 Å². The number of carbonyl (C=O) groups excluding carboxylic acids is 2. The van der Waals surface area contributed by atoms with Crippen molar-refractivity contribution in [3.8, 4) is 0 Å². The molecule has 1 heterocycles. The molecule has 14 heteroatoms. The van der Waals surface area contributed by atoms with Crippen molar-refractivity contribution in [3.05, 3.63) is 68.7 Å². The maximum Gasteiger partial charge on any atom is 0.422 e. The third kappa shape index (κ3) is 6.93. The highest BCUT2D eigenvalue weighted by Gasteiger charge is 2.59. The fraction of sp³-hybridized carbons (Fsp3) is 0.348. The largest absolute Gasteiger partial charge is 0.422 e. The Bertz CT molecular complexity index is 1210. The lowest BCUT2D eigenvalue weighted by molar-refractivity contribution is -0.284. The molecule has 2 amide bonds. The molecule has 0 aliphatic carbocycles. The molecule has 200 valence electrons. The van der Waals surface area contributed by atoms with Crippen molar-refractivity contribution in [3.63, 3.8) is 0 Å². The zero-order valence-corrected chi connectivity index (χ0v) is 20.5. The molecule has 6 nitrogen and oxygen atoms in total. The zero-order valence-electron chi connectivity index (χ0n) is 19.0. The summed E-state index contributed by atoms with van der Waals surface area (Å²) in [5, 5.41) is 3.81. The van der Waals surface area contributed by atoms with Crippen LogP contribution in [0.25, 0.3) is 0 Å². The zero-order chi connectivity index (χ0) is 27.6. The molecule has 3 rings (SSSR count). The first-order valence-corrected chi connectivity index (χ1v) is 11.3. The Morgan fingerprint density at radius 3 is 2.24 bits per heavy atom. The van der Waals surface area contributed by atoms with Gasteiger partial charge in [0.15, 0.2) is 5.60 Å². The molecule has 0 saturated carbocycles. The number of rotatable bonds is 6. The van der Waals surface area contributed by atoms with E-state index < -0.39 is 56.0 Å². The highest BCUT2D eigenvalue weighted by Crippen LogP contribution is 2.48. The van der Waals surface area contributed by atoms with Crippen LogP contribution in [0.15, 0.2) is 41.4 Å². The second-order valence-electron chi connectivity index (χ2n) is 8.14. The van der Waals surface area contributed by atoms with Crippen molar-refractivity contribution >= 4 is 40.7 Å². The second-order valence-corrected chi connectivity index (χ2v) is 9.02. The predicted octanol–water partition coefficient (Wildman–Crippen LogP) is 5.33. The fourth-order valence-electron chi connectivity index (χ4n) is 3.69. The van der Waals surface area contributed by atoms with Crippen molar-refractivity contribution < 1.29 is 40.7 Å². The summed E-state index contributed by atoms with van der Waals surface area (Å²) in [6.07, 6.45) is -10.1. The quantitative estimate of drug-likeness (QED) is 0.461. The van der Waals surface area contributed by atoms with Gasteiger partial charge in [-0.3, -0.25) is 14.6 Å². The van der Waals surface area contributed by atoms with Crippen LogP contribution < -0.4 is 10.6 Å². The number of nitrogens with one attached hydrogen (secondary N) is 2. The number of halogens is 8. The monoisotopic (exact) mass is 569 g/mol. The van der Waals surface area contributed by atoms with Gasteiger partial charge in [-0.2, -0.15) is 26.3 Å². The number of amides is 2. The number of carbonyl (C=O) groups is 2. The Hall–Kier alpha value is -2.83. The molecule has 0 saturated heterocycles. The lowest BCUT2D eigenvalue weighted by Crippen LogP contribution is -2.48. The molecule has 0 bridgehead atoms. The summed E-state index contributed by atoms with van der Waals surface area (Å²) in [5.41, 5.74) is -2.30. The van der Waals surface area contributed by atoms with E-state index in [1.807, 2.05) is 0 Å². The van der Waals surface area contributed by atoms with Crippen LogP contribution in [0.3, 0.4) is 0 Å². The summed E-state index contributed by atoms with van der Waals surface area (Å²) < 4.78 is 84.7. The molecule has 0 fully saturated rings. The maximum absolute atomic E-state index is 14.3. The van der Waals surface area contributed by atoms with Crippen LogP contribution in [0.4, 0.5) is 26.3 Å². The fourth-order valence-corrected chi connectivity index (χ4v) is 4.22. The molecule has 0 aromatic heterocycles. The van der Waals surface area contributed by atoms with Crippen molar-refractivity contribution in [1.82, 2.24) is 10.6 Å². The van der Waals surface area contributed by atoms with Gasteiger partial charge in [0.25, 0.3) is 5.91 Å². The summed E-state index contributed by atoms with van der Waals surface area (Å²) in [6.45, 7) is -1.33. The molecule has 37 heavy (non-hydrogen) atoms. The molecule has 0 radical (unpaired) electrons. The molecule has 2 aromatic carbocycles. The topological polar surface area (TPSA) is 79.8 Å². The summed E-state index contributed by atoms with van der Waals surface area (Å²) in [5.74, 6) is -1.79. The SMILES string of the molecule is Cc1cc(C2=NCOC(c3cc(Cl)cc(Cl)c3)(C(F)(F)F)C2)ccc1C(=O)NCC(=O)NCC(F)(F)F. The van der Waals surface area contributed by atoms with Crippen LogP contribution >= 0.6 is 23.2 Å². The maximum atomic E-state index is 14.3. The standard InChI is InChI=1S/C23H19Cl2F6N3O3/c1-12-4-13(2-3-17(12)20(36)32-9-19(35)33-10-22(26,27)28)18-8-21(23(29,30)31,37-11-34-18)14-5-15(24)7-16(25)6-14/h2-7H,8-11H2,1H3,(H,32,36)(H,33,35). The van der Waals surface area contributed by atoms with Gasteiger partial charge in [0.2, 0.25) is 5.91 Å². The van der Waals surface area contributed by atoms with Crippen LogP contribution in [0.5, 0.6) is 0 Å². The molecule has 1 unspecified atom stereocenters. The van der Waals surface area contributed by atoms with E-state index in [9.17, 15) is 35.9 Å². The van der Waals surface area contributed by atoms with E-state index in [0.717, 1.165) is 12.1 Å². The lowest BCUT2D eigenvalue weighted by atomic mass is 9.84. The van der Waals surface area contributed by atoms with Gasteiger partial charge in [-0.15, -0.1) is 0 Å². The van der Waals surface area contributed by atoms with Crippen LogP contribution in [-0.4, -0.2) is 49.7 Å². The predicted molar refractivity (Wildman–Crippen MR) is 124 cm³/mol. The van der Waals surface area contributed by atoms with Gasteiger partial charge in [-0.1, -0.05) is 29.3 Å². The van der Waals surface area contributed by atoms with E-state index in [4.69, 9.17) is 27.9 Å². The average Bonchev–Trinajstić information content (AvgIpc) is 2.79. The Labute approximate surface area is 217 Å². The molecule has 1 aliphatic heterocycles. The minimum absolute atomic E-state index is 0.00270. The Morgan fingerprint density at radius 1 is 1.03 bits per heavy atom. The van der Waals surface area contributed by atoms with Gasteiger partial charge in [0.1, 0.15) is 13.3 Å². The number of hydrogen-bond acceptors (Lipinski definition) is 4. The van der Waals surface area contributed by atoms with Gasteiger partial charge in [0, 0.05) is 27.7 Å². The van der Waals surface area contributed by atoms with Gasteiger partial charge in [-0.05, 0) is 53.9 Å². The highest BCUT2D eigenvalue weighted by atomic mass is 35.5. The van der Waals surface area contributed by atoms with E-state index >= 15 is 0 Å². The average molecular weight is 570 g/mol. The third-order valence-corrected chi connectivity index (χ3v) is 5.91. The van der Waals surface area contributed by atoms with Crippen molar-refractivity contribution in [2.24, 2.45) is 4.99 Å². The van der Waals surface area contributed by atoms with Crippen molar-refractivity contribution in [1.29, 1.82) is 0 Å². The number of aryl methyl sites for hydroxylation is 1. The number of ether oxygens (including phenoxy) is 1. The van der Waals surface area contributed by atoms with E-state index in [-0.39, 0.29) is 26.9 Å². The second kappa shape index (κ2) is 10.9. The molecule has 0 spiro atoms. The van der Waals surface area contributed by atoms with Crippen LogP contribution in [-0.2, 0) is 15.1 Å². The summed E-state index contributed by atoms with van der Waals surface area (Å²) >= 11 is 11.9. The molecular weight excluding hydrogens is 551 g/mol. The van der Waals surface area contributed by atoms with Crippen LogP contribution in [0.1, 0.15) is 33.5 Å². The van der Waals surface area contributed by atoms with E-state index in [2.05, 4.69) is 10.3 Å². The van der Waals surface area contributed by atoms with E-state index in [1.165, 1.54) is 31.2 Å². The third-order valence-electron chi connectivity index (χ3n) is 5.47. The first kappa shape index (κ1) is 28.7. The van der Waals surface area contributed by atoms with Gasteiger partial charge in [-0.25, -0.2) is 0 Å². The minimum Gasteiger partial charge on any atom is -0.345 e. The number of alkyl halides is 6. The summed E-state index contributed by atoms with van der Waals surface area (Å²) in [7, 11) is 0. The van der Waals surface area contributed by atoms with Crippen LogP contribution in [0, 0.1) is 6.92 Å². The number of aliphatic imine (C=N–C) groups is 1. The lowest BCUT2D eigenvalue weighted by Gasteiger charge is -2.38. The highest BCUT2D eigenvalue weighted by molar-refractivity contribution is 6.34. The molecule has 1 aliphatic rings. The first-order chi connectivity index (χ1) is 17.1. The number of hydrogen-bond donors (Lipinski definition) is 2. The number of benzene rings is 2. The Kier molecular flexibility index (Phi) is 8.45. The number of nitrogens with zero attached hydrogens (tertiary/aromatic N) is 1. The van der Waals surface area contributed by atoms with Crippen molar-refractivity contribution in [2.45, 2.75) is 31.3 Å². The Morgan fingerprint density at radius 2 is 1.68 bits per heavy atom. The van der Waals surface area contributed by atoms with Crippen LogP contribution in [0.2, 0.25) is 10.0 Å². The van der Waals surface area contributed by atoms with Gasteiger partial charge in [0.05, 0.1) is 6.54 Å². The Balaban J connectivity index is 1.80. The molecule has 2 aromatic rings. The molecule has 2 N–H and O–H groups in total. The van der Waals surface area contributed by atoms with Crippen molar-refractivity contribution in [2.75, 3.05) is 19.8 Å². The van der Waals surface area contributed by atoms with Gasteiger partial charge >= 0.3 is 12.4 Å². The van der Waals surface area contributed by atoms with E-state index in [1.54, 1.807) is 5.32 Å². The molecule has 1 atom stereocenters. The summed E-state index contributed by atoms with van der Waals surface area (Å²) in [4.78, 5) is 28.0. The van der Waals surface area contributed by atoms with E-state index in [0.29, 0.717) is 11.1 Å². The normalized spacial score (nSPS) is 18.2. The first-order valence-electron chi connectivity index (χ1n) is 10.5. The minimum atomic E-state index is -4.86. The molecular formula is C23H19Cl2F6N3O3. The smallest absolute Gasteiger partial charge is 0.345 e. The summed E-state index contributed by atoms with van der Waals surface area (Å²) in [6, 6.07) is 7.66.